The summed E-state index contributed by atoms with van der Waals surface area (Å²) in [5.74, 6) is -1.24. The van der Waals surface area contributed by atoms with E-state index in [-0.39, 0.29) is 22.6 Å². The fourth-order valence-electron chi connectivity index (χ4n) is 1.63. The molecule has 0 aromatic heterocycles. The van der Waals surface area contributed by atoms with Gasteiger partial charge in [-0.05, 0) is 25.0 Å². The molecule has 3 N–H and O–H groups in total. The molecule has 1 aliphatic rings. The van der Waals surface area contributed by atoms with E-state index in [1.807, 2.05) is 0 Å². The van der Waals surface area contributed by atoms with Crippen molar-refractivity contribution in [3.63, 3.8) is 0 Å². The van der Waals surface area contributed by atoms with Crippen molar-refractivity contribution in [3.8, 4) is 11.5 Å². The smallest absolute Gasteiger partial charge is 0.335 e. The fourth-order valence-corrected chi connectivity index (χ4v) is 1.63. The fraction of sp³-hybridized carbons (Fsp3) is 0.364. The van der Waals surface area contributed by atoms with Gasteiger partial charge in [0.2, 0.25) is 0 Å². The van der Waals surface area contributed by atoms with Crippen molar-refractivity contribution in [2.45, 2.75) is 18.4 Å². The van der Waals surface area contributed by atoms with Gasteiger partial charge in [-0.15, -0.1) is 0 Å². The van der Waals surface area contributed by atoms with Gasteiger partial charge in [0.1, 0.15) is 0 Å². The molecule has 2 rings (SSSR count). The van der Waals surface area contributed by atoms with Crippen LogP contribution in [-0.4, -0.2) is 28.4 Å². The Labute approximate surface area is 91.9 Å². The SMILES string of the molecule is COc1cc(C(=O)O)cc(C2(O)CC2)c1O. The molecule has 0 unspecified atom stereocenters. The van der Waals surface area contributed by atoms with E-state index in [1.165, 1.54) is 19.2 Å². The van der Waals surface area contributed by atoms with E-state index < -0.39 is 11.6 Å². The highest BCUT2D eigenvalue weighted by Crippen LogP contribution is 2.51. The van der Waals surface area contributed by atoms with E-state index in [2.05, 4.69) is 0 Å². The summed E-state index contributed by atoms with van der Waals surface area (Å²) >= 11 is 0. The monoisotopic (exact) mass is 224 g/mol. The summed E-state index contributed by atoms with van der Waals surface area (Å²) in [7, 11) is 1.33. The third-order valence-corrected chi connectivity index (χ3v) is 2.77. The van der Waals surface area contributed by atoms with Crippen LogP contribution in [0.2, 0.25) is 0 Å². The Morgan fingerprint density at radius 2 is 2.06 bits per heavy atom. The van der Waals surface area contributed by atoms with Crippen molar-refractivity contribution in [1.82, 2.24) is 0 Å². The summed E-state index contributed by atoms with van der Waals surface area (Å²) in [6, 6.07) is 2.51. The molecular formula is C11H12O5. The van der Waals surface area contributed by atoms with Gasteiger partial charge in [0.25, 0.3) is 0 Å². The maximum Gasteiger partial charge on any atom is 0.335 e. The summed E-state index contributed by atoms with van der Waals surface area (Å²) in [4.78, 5) is 10.9. The highest BCUT2D eigenvalue weighted by Gasteiger charge is 2.45. The predicted octanol–water partition coefficient (Wildman–Crippen LogP) is 1.08. The molecule has 86 valence electrons. The molecule has 0 bridgehead atoms. The molecule has 5 heteroatoms. The third kappa shape index (κ3) is 1.59. The number of ether oxygens (including phenoxy) is 1. The number of methoxy groups -OCH3 is 1. The first-order chi connectivity index (χ1) is 7.48. The van der Waals surface area contributed by atoms with Crippen LogP contribution in [0.25, 0.3) is 0 Å². The van der Waals surface area contributed by atoms with E-state index in [9.17, 15) is 15.0 Å². The first-order valence-corrected chi connectivity index (χ1v) is 4.85. The topological polar surface area (TPSA) is 87.0 Å². The highest BCUT2D eigenvalue weighted by molar-refractivity contribution is 5.89. The number of phenols is 1. The number of carboxylic acids is 1. The average Bonchev–Trinajstić information content (AvgIpc) is 2.97. The largest absolute Gasteiger partial charge is 0.504 e. The van der Waals surface area contributed by atoms with Gasteiger partial charge in [0, 0.05) is 5.56 Å². The van der Waals surface area contributed by atoms with Crippen molar-refractivity contribution < 1.29 is 24.9 Å². The number of aromatic hydroxyl groups is 1. The van der Waals surface area contributed by atoms with Crippen LogP contribution in [0.4, 0.5) is 0 Å². The molecule has 0 radical (unpaired) electrons. The second-order valence-corrected chi connectivity index (χ2v) is 3.91. The first kappa shape index (κ1) is 10.8. The number of hydrogen-bond donors (Lipinski definition) is 3. The van der Waals surface area contributed by atoms with Crippen molar-refractivity contribution >= 4 is 5.97 Å². The quantitative estimate of drug-likeness (QED) is 0.715. The van der Waals surface area contributed by atoms with Crippen molar-refractivity contribution in [2.24, 2.45) is 0 Å². The van der Waals surface area contributed by atoms with Gasteiger partial charge in [-0.2, -0.15) is 0 Å². The molecule has 0 atom stereocenters. The minimum absolute atomic E-state index is 0.00928. The lowest BCUT2D eigenvalue weighted by Gasteiger charge is -2.14. The van der Waals surface area contributed by atoms with Crippen molar-refractivity contribution in [2.75, 3.05) is 7.11 Å². The number of rotatable bonds is 3. The number of benzene rings is 1. The zero-order valence-corrected chi connectivity index (χ0v) is 8.73. The molecule has 0 amide bonds. The minimum Gasteiger partial charge on any atom is -0.504 e. The van der Waals surface area contributed by atoms with Crippen LogP contribution in [0.15, 0.2) is 12.1 Å². The van der Waals surface area contributed by atoms with Crippen LogP contribution < -0.4 is 4.74 Å². The molecule has 1 fully saturated rings. The first-order valence-electron chi connectivity index (χ1n) is 4.85. The molecule has 1 aromatic carbocycles. The van der Waals surface area contributed by atoms with Gasteiger partial charge in [0.05, 0.1) is 18.3 Å². The van der Waals surface area contributed by atoms with Gasteiger partial charge < -0.3 is 20.1 Å². The van der Waals surface area contributed by atoms with E-state index in [1.54, 1.807) is 0 Å². The van der Waals surface area contributed by atoms with Crippen LogP contribution in [-0.2, 0) is 5.60 Å². The Kier molecular flexibility index (Phi) is 2.27. The number of aliphatic hydroxyl groups is 1. The Balaban J connectivity index is 2.58. The number of hydrogen-bond acceptors (Lipinski definition) is 4. The van der Waals surface area contributed by atoms with E-state index in [0.29, 0.717) is 12.8 Å². The van der Waals surface area contributed by atoms with Crippen LogP contribution >= 0.6 is 0 Å². The average molecular weight is 224 g/mol. The van der Waals surface area contributed by atoms with E-state index >= 15 is 0 Å². The zero-order chi connectivity index (χ0) is 11.9. The molecule has 0 saturated heterocycles. The molecular weight excluding hydrogens is 212 g/mol. The number of carbonyl (C=O) groups is 1. The Bertz CT molecular complexity index is 448. The summed E-state index contributed by atoms with van der Waals surface area (Å²) in [6.07, 6.45) is 1.04. The molecule has 1 aliphatic carbocycles. The molecule has 0 aliphatic heterocycles. The summed E-state index contributed by atoms with van der Waals surface area (Å²) in [5, 5.41) is 28.6. The van der Waals surface area contributed by atoms with E-state index in [0.717, 1.165) is 0 Å². The highest BCUT2D eigenvalue weighted by atomic mass is 16.5. The Morgan fingerprint density at radius 3 is 2.50 bits per heavy atom. The number of phenolic OH excluding ortho intramolecular Hbond substituents is 1. The van der Waals surface area contributed by atoms with Crippen LogP contribution in [0.1, 0.15) is 28.8 Å². The molecule has 0 spiro atoms. The van der Waals surface area contributed by atoms with Crippen LogP contribution in [0, 0.1) is 0 Å². The second kappa shape index (κ2) is 3.38. The summed E-state index contributed by atoms with van der Waals surface area (Å²) in [5.41, 5.74) is -0.878. The molecule has 1 aromatic rings. The van der Waals surface area contributed by atoms with Gasteiger partial charge in [-0.25, -0.2) is 4.79 Å². The Morgan fingerprint density at radius 1 is 1.44 bits per heavy atom. The third-order valence-electron chi connectivity index (χ3n) is 2.77. The summed E-state index contributed by atoms with van der Waals surface area (Å²) < 4.78 is 4.87. The maximum absolute atomic E-state index is 10.9. The molecule has 16 heavy (non-hydrogen) atoms. The second-order valence-electron chi connectivity index (χ2n) is 3.91. The van der Waals surface area contributed by atoms with Gasteiger partial charge in [-0.3, -0.25) is 0 Å². The minimum atomic E-state index is -1.12. The zero-order valence-electron chi connectivity index (χ0n) is 8.73. The van der Waals surface area contributed by atoms with Crippen LogP contribution in [0.3, 0.4) is 0 Å². The standard InChI is InChI=1S/C11H12O5/c1-16-8-5-6(10(13)14)4-7(9(8)12)11(15)2-3-11/h4-5,12,15H,2-3H2,1H3,(H,13,14). The van der Waals surface area contributed by atoms with Gasteiger partial charge in [-0.1, -0.05) is 0 Å². The van der Waals surface area contributed by atoms with Crippen molar-refractivity contribution in [3.05, 3.63) is 23.3 Å². The van der Waals surface area contributed by atoms with Gasteiger partial charge >= 0.3 is 5.97 Å². The van der Waals surface area contributed by atoms with Gasteiger partial charge in [0.15, 0.2) is 11.5 Å². The number of aromatic carboxylic acids is 1. The number of carboxylic acid groups (broad SMARTS) is 1. The van der Waals surface area contributed by atoms with E-state index in [4.69, 9.17) is 9.84 Å². The molecule has 1 saturated carbocycles. The lowest BCUT2D eigenvalue weighted by molar-refractivity contribution is 0.0696. The predicted molar refractivity (Wildman–Crippen MR) is 54.7 cm³/mol. The lowest BCUT2D eigenvalue weighted by atomic mass is 10.0. The molecule has 0 heterocycles. The lowest BCUT2D eigenvalue weighted by Crippen LogP contribution is -2.08. The summed E-state index contributed by atoms with van der Waals surface area (Å²) in [6.45, 7) is 0. The Hall–Kier alpha value is -1.75. The molecule has 5 nitrogen and oxygen atoms in total. The van der Waals surface area contributed by atoms with Crippen LogP contribution in [0.5, 0.6) is 11.5 Å². The van der Waals surface area contributed by atoms with Crippen molar-refractivity contribution in [1.29, 1.82) is 0 Å². The normalized spacial score (nSPS) is 16.9. The maximum atomic E-state index is 10.9.